The number of alkyl halides is 3. The summed E-state index contributed by atoms with van der Waals surface area (Å²) >= 11 is 18.6. The van der Waals surface area contributed by atoms with Crippen LogP contribution in [0, 0.1) is 6.92 Å². The Bertz CT molecular complexity index is 1630. The summed E-state index contributed by atoms with van der Waals surface area (Å²) in [7, 11) is 1.68. The number of halogens is 5. The van der Waals surface area contributed by atoms with Gasteiger partial charge < -0.3 is 19.9 Å². The van der Waals surface area contributed by atoms with Gasteiger partial charge in [0.2, 0.25) is 0 Å². The molecule has 1 aromatic heterocycles. The molecule has 0 bridgehead atoms. The lowest BCUT2D eigenvalue weighted by Crippen LogP contribution is -2.47. The molecule has 3 aromatic rings. The first-order valence-electron chi connectivity index (χ1n) is 12.4. The molecular formula is C27H23Cl3F2N4O4S. The molecule has 2 aromatic carbocycles. The van der Waals surface area contributed by atoms with E-state index < -0.39 is 28.1 Å². The molecule has 14 heteroatoms. The third-order valence-corrected chi connectivity index (χ3v) is 9.36. The van der Waals surface area contributed by atoms with Crippen LogP contribution in [0.25, 0.3) is 0 Å². The van der Waals surface area contributed by atoms with Crippen LogP contribution in [0.1, 0.15) is 39.2 Å². The number of H-pyrrole nitrogens is 1. The average molecular weight is 644 g/mol. The molecule has 216 valence electrons. The lowest BCUT2D eigenvalue weighted by atomic mass is 10.0. The summed E-state index contributed by atoms with van der Waals surface area (Å²) in [6.45, 7) is 2.82. The second-order valence-electron chi connectivity index (χ2n) is 9.78. The fraction of sp³-hybridized carbons (Fsp3) is 0.296. The van der Waals surface area contributed by atoms with Crippen LogP contribution >= 0.6 is 46.6 Å². The molecule has 2 aliphatic heterocycles. The number of carbonyl (C=O) groups excluding carboxylic acids is 2. The van der Waals surface area contributed by atoms with Crippen molar-refractivity contribution in [3.05, 3.63) is 78.7 Å². The molecule has 1 fully saturated rings. The van der Waals surface area contributed by atoms with Gasteiger partial charge in [-0.05, 0) is 65.9 Å². The number of carbonyl (C=O) groups is 2. The highest BCUT2D eigenvalue weighted by Gasteiger charge is 2.36. The summed E-state index contributed by atoms with van der Waals surface area (Å²) in [5, 5.41) is 7.48. The van der Waals surface area contributed by atoms with Gasteiger partial charge in [0, 0.05) is 43.0 Å². The van der Waals surface area contributed by atoms with Crippen molar-refractivity contribution in [2.75, 3.05) is 25.0 Å². The molecule has 0 spiro atoms. The fourth-order valence-corrected chi connectivity index (χ4v) is 6.71. The number of aromatic amines is 1. The van der Waals surface area contributed by atoms with Crippen molar-refractivity contribution in [1.82, 2.24) is 14.8 Å². The minimum atomic E-state index is -3.91. The first-order chi connectivity index (χ1) is 19.3. The molecule has 1 saturated heterocycles. The van der Waals surface area contributed by atoms with E-state index in [-0.39, 0.29) is 44.7 Å². The molecule has 2 aliphatic rings. The van der Waals surface area contributed by atoms with E-state index in [0.29, 0.717) is 35.5 Å². The third kappa shape index (κ3) is 5.48. The van der Waals surface area contributed by atoms with E-state index >= 15 is 0 Å². The minimum absolute atomic E-state index is 0.0471. The summed E-state index contributed by atoms with van der Waals surface area (Å²) in [6.07, 6.45) is 0.721. The smallest absolute Gasteiger partial charge is 0.362 e. The molecule has 0 radical (unpaired) electrons. The molecule has 0 unspecified atom stereocenters. The van der Waals surface area contributed by atoms with Crippen LogP contribution in [0.2, 0.25) is 10.0 Å². The topological polar surface area (TPSA) is 96.9 Å². The maximum absolute atomic E-state index is 14.0. The second kappa shape index (κ2) is 11.0. The number of urea groups is 1. The van der Waals surface area contributed by atoms with E-state index in [1.165, 1.54) is 21.9 Å². The average Bonchev–Trinajstić information content (AvgIpc) is 3.34. The number of nitrogens with one attached hydrogen (secondary N) is 1. The largest absolute Gasteiger partial charge is 0.505 e. The Morgan fingerprint density at radius 2 is 1.80 bits per heavy atom. The quantitative estimate of drug-likeness (QED) is 0.307. The molecule has 3 amide bonds. The number of pyridine rings is 1. The zero-order valence-electron chi connectivity index (χ0n) is 21.7. The van der Waals surface area contributed by atoms with Crippen molar-refractivity contribution < 1.29 is 23.5 Å². The highest BCUT2D eigenvalue weighted by molar-refractivity contribution is 7.99. The van der Waals surface area contributed by atoms with Crippen LogP contribution in [0.5, 0.6) is 5.75 Å². The number of aromatic hydroxyl groups is 1. The van der Waals surface area contributed by atoms with Gasteiger partial charge in [0.05, 0.1) is 15.7 Å². The van der Waals surface area contributed by atoms with Gasteiger partial charge in [-0.15, -0.1) is 0 Å². The number of amides is 3. The van der Waals surface area contributed by atoms with Crippen LogP contribution in [-0.4, -0.2) is 52.0 Å². The standard InChI is InChI=1S/C27H23Cl3F2N4O4S/c1-13-15-12-35(11-14(15)9-18(22(13)37)36-8-4-7-34(2)26(36)40)25(39)21-19(10-20(27(30,31)32)33-24(21)38)41-23-16(28)5-3-6-17(23)29/h3,5-6,9-10,37H,4,7-8,11-12H2,1-2H3,(H,33,38). The number of aromatic nitrogens is 1. The third-order valence-electron chi connectivity index (χ3n) is 7.12. The zero-order chi connectivity index (χ0) is 29.8. The van der Waals surface area contributed by atoms with Gasteiger partial charge in [-0.1, -0.05) is 41.0 Å². The SMILES string of the molecule is Cc1c(O)c(N2CCCN(C)C2=O)cc2c1CN(C(=O)c1c(Sc3c(Cl)cccc3Cl)cc(C(F)(F)Cl)[nH]c1=O)C2. The number of anilines is 1. The van der Waals surface area contributed by atoms with Crippen molar-refractivity contribution in [2.45, 2.75) is 41.6 Å². The first-order valence-corrected chi connectivity index (χ1v) is 14.4. The molecule has 5 rings (SSSR count). The van der Waals surface area contributed by atoms with E-state index in [0.717, 1.165) is 24.2 Å². The summed E-state index contributed by atoms with van der Waals surface area (Å²) < 4.78 is 28.1. The number of fused-ring (bicyclic) bond motifs is 1. The van der Waals surface area contributed by atoms with Gasteiger partial charge >= 0.3 is 11.4 Å². The van der Waals surface area contributed by atoms with E-state index in [9.17, 15) is 28.3 Å². The fourth-order valence-electron chi connectivity index (χ4n) is 4.97. The first kappa shape index (κ1) is 29.5. The molecule has 8 nitrogen and oxygen atoms in total. The molecule has 0 saturated carbocycles. The maximum atomic E-state index is 14.0. The number of phenols is 1. The monoisotopic (exact) mass is 642 g/mol. The summed E-state index contributed by atoms with van der Waals surface area (Å²) in [4.78, 5) is 46.3. The van der Waals surface area contributed by atoms with Crippen molar-refractivity contribution in [2.24, 2.45) is 0 Å². The summed E-state index contributed by atoms with van der Waals surface area (Å²) in [5.74, 6) is -0.801. The van der Waals surface area contributed by atoms with Crippen molar-refractivity contribution in [1.29, 1.82) is 0 Å². The Hall–Kier alpha value is -2.99. The van der Waals surface area contributed by atoms with E-state index in [1.54, 1.807) is 31.0 Å². The van der Waals surface area contributed by atoms with Gasteiger partial charge in [0.1, 0.15) is 17.0 Å². The number of hydrogen-bond acceptors (Lipinski definition) is 5. The Kier molecular flexibility index (Phi) is 7.92. The second-order valence-corrected chi connectivity index (χ2v) is 12.1. The van der Waals surface area contributed by atoms with E-state index in [2.05, 4.69) is 0 Å². The Labute approximate surface area is 252 Å². The summed E-state index contributed by atoms with van der Waals surface area (Å²) in [6, 6.07) is 7.03. The molecule has 3 heterocycles. The molecule has 41 heavy (non-hydrogen) atoms. The predicted molar refractivity (Wildman–Crippen MR) is 154 cm³/mol. The molecule has 0 atom stereocenters. The number of nitrogens with zero attached hydrogens (tertiary/aromatic N) is 3. The number of phenolic OH excluding ortho intramolecular Hbond substituents is 1. The van der Waals surface area contributed by atoms with Crippen molar-refractivity contribution in [3.63, 3.8) is 0 Å². The van der Waals surface area contributed by atoms with Crippen LogP contribution in [0.3, 0.4) is 0 Å². The van der Waals surface area contributed by atoms with Crippen LogP contribution in [-0.2, 0) is 18.5 Å². The van der Waals surface area contributed by atoms with Gasteiger partial charge in [0.15, 0.2) is 0 Å². The van der Waals surface area contributed by atoms with Crippen LogP contribution in [0.4, 0.5) is 19.3 Å². The maximum Gasteiger partial charge on any atom is 0.362 e. The number of hydrogen-bond donors (Lipinski definition) is 2. The zero-order valence-corrected chi connectivity index (χ0v) is 24.8. The number of benzene rings is 2. The number of rotatable bonds is 5. The lowest BCUT2D eigenvalue weighted by Gasteiger charge is -2.34. The van der Waals surface area contributed by atoms with Gasteiger partial charge in [-0.2, -0.15) is 8.78 Å². The van der Waals surface area contributed by atoms with E-state index in [4.69, 9.17) is 34.8 Å². The van der Waals surface area contributed by atoms with Crippen LogP contribution in [0.15, 0.2) is 44.9 Å². The Balaban J connectivity index is 1.53. The predicted octanol–water partition coefficient (Wildman–Crippen LogP) is 6.55. The van der Waals surface area contributed by atoms with E-state index in [1.807, 2.05) is 4.98 Å². The van der Waals surface area contributed by atoms with Gasteiger partial charge in [-0.25, -0.2) is 4.79 Å². The summed E-state index contributed by atoms with van der Waals surface area (Å²) in [5.41, 5.74) is -0.150. The highest BCUT2D eigenvalue weighted by atomic mass is 35.5. The van der Waals surface area contributed by atoms with Crippen LogP contribution < -0.4 is 10.5 Å². The highest BCUT2D eigenvalue weighted by Crippen LogP contribution is 2.43. The Morgan fingerprint density at radius 1 is 1.12 bits per heavy atom. The normalized spacial score (nSPS) is 15.5. The Morgan fingerprint density at radius 3 is 2.46 bits per heavy atom. The minimum Gasteiger partial charge on any atom is -0.505 e. The van der Waals surface area contributed by atoms with Crippen molar-refractivity contribution in [3.8, 4) is 5.75 Å². The lowest BCUT2D eigenvalue weighted by molar-refractivity contribution is 0.0740. The molecular weight excluding hydrogens is 621 g/mol. The van der Waals surface area contributed by atoms with Gasteiger partial charge in [-0.3, -0.25) is 14.5 Å². The molecule has 0 aliphatic carbocycles. The molecule has 2 N–H and O–H groups in total. The van der Waals surface area contributed by atoms with Crippen molar-refractivity contribution >= 4 is 64.2 Å². The van der Waals surface area contributed by atoms with Gasteiger partial charge in [0.25, 0.3) is 11.5 Å².